The summed E-state index contributed by atoms with van der Waals surface area (Å²) >= 11 is 0. The summed E-state index contributed by atoms with van der Waals surface area (Å²) in [6.07, 6.45) is 8.57. The maximum absolute atomic E-state index is 5.51. The summed E-state index contributed by atoms with van der Waals surface area (Å²) in [6.45, 7) is 8.58. The minimum atomic E-state index is 0.380. The molecule has 2 nitrogen and oxygen atoms in total. The van der Waals surface area contributed by atoms with E-state index in [1.54, 1.807) is 0 Å². The molecule has 0 aromatic carbocycles. The van der Waals surface area contributed by atoms with Crippen molar-refractivity contribution < 1.29 is 4.74 Å². The van der Waals surface area contributed by atoms with E-state index < -0.39 is 0 Å². The van der Waals surface area contributed by atoms with Crippen LogP contribution in [0.1, 0.15) is 59.3 Å². The molecule has 0 spiro atoms. The molecule has 1 atom stereocenters. The van der Waals surface area contributed by atoms with Gasteiger partial charge in [-0.2, -0.15) is 0 Å². The normalized spacial score (nSPS) is 18.8. The molecule has 0 heterocycles. The quantitative estimate of drug-likeness (QED) is 0.610. The molecule has 0 radical (unpaired) electrons. The number of hydrogen-bond donors (Lipinski definition) is 1. The predicted octanol–water partition coefficient (Wildman–Crippen LogP) is 3.36. The standard InChI is InChI=1S/C14H29NO/c1-12(2)16-10-5-4-9-15-13(3)11-14-7-6-8-14/h12-15H,4-11H2,1-3H3. The summed E-state index contributed by atoms with van der Waals surface area (Å²) in [5, 5.41) is 3.61. The zero-order valence-electron chi connectivity index (χ0n) is 11.3. The van der Waals surface area contributed by atoms with Gasteiger partial charge in [-0.15, -0.1) is 0 Å². The van der Waals surface area contributed by atoms with Crippen LogP contribution < -0.4 is 5.32 Å². The highest BCUT2D eigenvalue weighted by Crippen LogP contribution is 2.30. The Bertz CT molecular complexity index is 166. The maximum Gasteiger partial charge on any atom is 0.0518 e. The third kappa shape index (κ3) is 6.49. The first-order chi connectivity index (χ1) is 7.68. The zero-order valence-corrected chi connectivity index (χ0v) is 11.3. The molecular weight excluding hydrogens is 198 g/mol. The maximum atomic E-state index is 5.51. The molecule has 0 amide bonds. The largest absolute Gasteiger partial charge is 0.379 e. The highest BCUT2D eigenvalue weighted by Gasteiger charge is 2.19. The van der Waals surface area contributed by atoms with Gasteiger partial charge in [0.2, 0.25) is 0 Å². The van der Waals surface area contributed by atoms with Crippen LogP contribution in [-0.4, -0.2) is 25.3 Å². The van der Waals surface area contributed by atoms with Gasteiger partial charge in [0, 0.05) is 12.6 Å². The van der Waals surface area contributed by atoms with Crippen LogP contribution in [0.15, 0.2) is 0 Å². The van der Waals surface area contributed by atoms with Crippen LogP contribution in [0.3, 0.4) is 0 Å². The van der Waals surface area contributed by atoms with Crippen LogP contribution in [0.4, 0.5) is 0 Å². The van der Waals surface area contributed by atoms with E-state index in [4.69, 9.17) is 4.74 Å². The summed E-state index contributed by atoms with van der Waals surface area (Å²) in [5.74, 6) is 1.02. The summed E-state index contributed by atoms with van der Waals surface area (Å²) in [7, 11) is 0. The van der Waals surface area contributed by atoms with E-state index in [2.05, 4.69) is 26.1 Å². The van der Waals surface area contributed by atoms with Crippen LogP contribution in [-0.2, 0) is 4.74 Å². The Hall–Kier alpha value is -0.0800. The monoisotopic (exact) mass is 227 g/mol. The molecule has 1 fully saturated rings. The molecule has 0 aromatic heterocycles. The molecule has 0 bridgehead atoms. The van der Waals surface area contributed by atoms with E-state index >= 15 is 0 Å². The molecule has 0 aliphatic heterocycles. The Morgan fingerprint density at radius 1 is 1.19 bits per heavy atom. The van der Waals surface area contributed by atoms with Crippen molar-refractivity contribution >= 4 is 0 Å². The number of hydrogen-bond acceptors (Lipinski definition) is 2. The number of unbranched alkanes of at least 4 members (excludes halogenated alkanes) is 1. The predicted molar refractivity (Wildman–Crippen MR) is 69.7 cm³/mol. The van der Waals surface area contributed by atoms with Crippen molar-refractivity contribution in [3.63, 3.8) is 0 Å². The van der Waals surface area contributed by atoms with E-state index in [9.17, 15) is 0 Å². The Balaban J connectivity index is 1.82. The number of rotatable bonds is 9. The van der Waals surface area contributed by atoms with Crippen LogP contribution >= 0.6 is 0 Å². The lowest BCUT2D eigenvalue weighted by Gasteiger charge is -2.28. The van der Waals surface area contributed by atoms with Crippen molar-refractivity contribution in [3.05, 3.63) is 0 Å². The second kappa shape index (κ2) is 8.08. The van der Waals surface area contributed by atoms with E-state index in [1.807, 2.05) is 0 Å². The molecule has 2 heteroatoms. The van der Waals surface area contributed by atoms with Crippen LogP contribution in [0.2, 0.25) is 0 Å². The molecule has 0 saturated heterocycles. The zero-order chi connectivity index (χ0) is 11.8. The van der Waals surface area contributed by atoms with Crippen LogP contribution in [0, 0.1) is 5.92 Å². The fourth-order valence-corrected chi connectivity index (χ4v) is 2.21. The molecule has 1 N–H and O–H groups in total. The summed E-state index contributed by atoms with van der Waals surface area (Å²) in [5.41, 5.74) is 0. The van der Waals surface area contributed by atoms with Gasteiger partial charge < -0.3 is 10.1 Å². The van der Waals surface area contributed by atoms with Gasteiger partial charge in [-0.1, -0.05) is 19.3 Å². The van der Waals surface area contributed by atoms with Gasteiger partial charge in [0.05, 0.1) is 6.10 Å². The van der Waals surface area contributed by atoms with E-state index in [0.29, 0.717) is 12.1 Å². The van der Waals surface area contributed by atoms with E-state index in [-0.39, 0.29) is 0 Å². The summed E-state index contributed by atoms with van der Waals surface area (Å²) in [4.78, 5) is 0. The van der Waals surface area contributed by atoms with Gasteiger partial charge in [-0.05, 0) is 52.5 Å². The number of ether oxygens (including phenoxy) is 1. The molecule has 1 rings (SSSR count). The Labute approximate surface area is 101 Å². The first-order valence-corrected chi connectivity index (χ1v) is 7.03. The van der Waals surface area contributed by atoms with Gasteiger partial charge in [0.25, 0.3) is 0 Å². The van der Waals surface area contributed by atoms with Gasteiger partial charge >= 0.3 is 0 Å². The highest BCUT2D eigenvalue weighted by molar-refractivity contribution is 4.74. The Morgan fingerprint density at radius 3 is 2.50 bits per heavy atom. The van der Waals surface area contributed by atoms with Crippen LogP contribution in [0.5, 0.6) is 0 Å². The van der Waals surface area contributed by atoms with Crippen molar-refractivity contribution in [2.75, 3.05) is 13.2 Å². The second-order valence-corrected chi connectivity index (χ2v) is 5.51. The minimum absolute atomic E-state index is 0.380. The fraction of sp³-hybridized carbons (Fsp3) is 1.00. The smallest absolute Gasteiger partial charge is 0.0518 e. The van der Waals surface area contributed by atoms with Crippen molar-refractivity contribution in [2.45, 2.75) is 71.4 Å². The molecule has 16 heavy (non-hydrogen) atoms. The molecule has 1 aliphatic rings. The topological polar surface area (TPSA) is 21.3 Å². The molecule has 1 saturated carbocycles. The van der Waals surface area contributed by atoms with Crippen molar-refractivity contribution in [1.82, 2.24) is 5.32 Å². The fourth-order valence-electron chi connectivity index (χ4n) is 2.21. The lowest BCUT2D eigenvalue weighted by atomic mass is 9.81. The summed E-state index contributed by atoms with van der Waals surface area (Å²) in [6, 6.07) is 0.705. The van der Waals surface area contributed by atoms with Crippen molar-refractivity contribution in [3.8, 4) is 0 Å². The molecule has 96 valence electrons. The Kier molecular flexibility index (Phi) is 7.06. The highest BCUT2D eigenvalue weighted by atomic mass is 16.5. The average molecular weight is 227 g/mol. The van der Waals surface area contributed by atoms with E-state index in [1.165, 1.54) is 38.5 Å². The summed E-state index contributed by atoms with van der Waals surface area (Å²) < 4.78 is 5.51. The third-order valence-corrected chi connectivity index (χ3v) is 3.43. The SMILES string of the molecule is CC(CC1CCC1)NCCCCOC(C)C. The molecule has 1 aliphatic carbocycles. The molecule has 1 unspecified atom stereocenters. The third-order valence-electron chi connectivity index (χ3n) is 3.43. The van der Waals surface area contributed by atoms with Gasteiger partial charge in [0.15, 0.2) is 0 Å². The Morgan fingerprint density at radius 2 is 1.94 bits per heavy atom. The van der Waals surface area contributed by atoms with Gasteiger partial charge in [0.1, 0.15) is 0 Å². The molecular formula is C14H29NO. The minimum Gasteiger partial charge on any atom is -0.379 e. The average Bonchev–Trinajstić information content (AvgIpc) is 2.17. The lowest BCUT2D eigenvalue weighted by Crippen LogP contribution is -2.31. The van der Waals surface area contributed by atoms with Crippen LogP contribution in [0.25, 0.3) is 0 Å². The van der Waals surface area contributed by atoms with Gasteiger partial charge in [-0.3, -0.25) is 0 Å². The van der Waals surface area contributed by atoms with Crippen molar-refractivity contribution in [2.24, 2.45) is 5.92 Å². The number of nitrogens with one attached hydrogen (secondary N) is 1. The molecule has 0 aromatic rings. The first-order valence-electron chi connectivity index (χ1n) is 7.03. The van der Waals surface area contributed by atoms with Crippen molar-refractivity contribution in [1.29, 1.82) is 0 Å². The second-order valence-electron chi connectivity index (χ2n) is 5.51. The van der Waals surface area contributed by atoms with E-state index in [0.717, 1.165) is 19.1 Å². The lowest BCUT2D eigenvalue weighted by molar-refractivity contribution is 0.0759. The van der Waals surface area contributed by atoms with Gasteiger partial charge in [-0.25, -0.2) is 0 Å². The first kappa shape index (κ1) is 14.0.